The summed E-state index contributed by atoms with van der Waals surface area (Å²) in [6.45, 7) is 8.29. The highest BCUT2D eigenvalue weighted by Crippen LogP contribution is 2.28. The van der Waals surface area contributed by atoms with Crippen LogP contribution in [0.4, 0.5) is 5.13 Å². The van der Waals surface area contributed by atoms with Crippen LogP contribution in [0.1, 0.15) is 29.2 Å². The third kappa shape index (κ3) is 4.77. The number of nitrogens with zero attached hydrogens (tertiary/aromatic N) is 2. The van der Waals surface area contributed by atoms with E-state index < -0.39 is 0 Å². The van der Waals surface area contributed by atoms with Gasteiger partial charge in [-0.15, -0.1) is 28.3 Å². The zero-order chi connectivity index (χ0) is 17.1. The Kier molecular flexibility index (Phi) is 6.51. The first kappa shape index (κ1) is 19.3. The number of hydrogen-bond acceptors (Lipinski definition) is 4. The van der Waals surface area contributed by atoms with Crippen LogP contribution < -0.4 is 5.43 Å². The van der Waals surface area contributed by atoms with Crippen molar-refractivity contribution in [2.24, 2.45) is 5.10 Å². The second kappa shape index (κ2) is 8.41. The molecule has 0 radical (unpaired) electrons. The van der Waals surface area contributed by atoms with Gasteiger partial charge in [0.25, 0.3) is 0 Å². The molecule has 0 fully saturated rings. The average Bonchev–Trinajstić information content (AvgIpc) is 3.04. The Labute approximate surface area is 163 Å². The van der Waals surface area contributed by atoms with Crippen LogP contribution in [-0.4, -0.2) is 10.7 Å². The van der Waals surface area contributed by atoms with E-state index in [4.69, 9.17) is 0 Å². The molecule has 5 heteroatoms. The topological polar surface area (TPSA) is 37.3 Å². The zero-order valence-corrected chi connectivity index (χ0v) is 17.4. The minimum absolute atomic E-state index is 0. The van der Waals surface area contributed by atoms with Crippen LogP contribution in [-0.2, 0) is 0 Å². The molecule has 0 saturated carbocycles. The van der Waals surface area contributed by atoms with E-state index in [1.807, 2.05) is 6.92 Å². The van der Waals surface area contributed by atoms with Gasteiger partial charge >= 0.3 is 0 Å². The number of benzene rings is 2. The molecule has 0 aliphatic rings. The lowest BCUT2D eigenvalue weighted by Crippen LogP contribution is -1.99. The lowest BCUT2D eigenvalue weighted by Gasteiger charge is -2.04. The lowest BCUT2D eigenvalue weighted by atomic mass is 10.0. The summed E-state index contributed by atoms with van der Waals surface area (Å²) in [4.78, 5) is 4.66. The number of hydrogen-bond donors (Lipinski definition) is 1. The van der Waals surface area contributed by atoms with Crippen molar-refractivity contribution in [3.8, 4) is 11.3 Å². The highest BCUT2D eigenvalue weighted by molar-refractivity contribution is 8.93. The van der Waals surface area contributed by atoms with Crippen molar-refractivity contribution in [2.75, 3.05) is 5.43 Å². The number of hydrazone groups is 1. The third-order valence-corrected chi connectivity index (χ3v) is 4.71. The highest BCUT2D eigenvalue weighted by atomic mass is 79.9. The Morgan fingerprint density at radius 3 is 2.40 bits per heavy atom. The maximum atomic E-state index is 4.66. The first-order valence-corrected chi connectivity index (χ1v) is 8.81. The molecule has 130 valence electrons. The zero-order valence-electron chi connectivity index (χ0n) is 14.8. The van der Waals surface area contributed by atoms with Gasteiger partial charge in [-0.25, -0.2) is 4.98 Å². The minimum Gasteiger partial charge on any atom is -0.252 e. The smallest absolute Gasteiger partial charge is 0.203 e. The highest BCUT2D eigenvalue weighted by Gasteiger charge is 2.07. The van der Waals surface area contributed by atoms with Crippen molar-refractivity contribution in [1.29, 1.82) is 0 Å². The summed E-state index contributed by atoms with van der Waals surface area (Å²) in [6.07, 6.45) is 0. The van der Waals surface area contributed by atoms with Gasteiger partial charge in [-0.2, -0.15) is 5.10 Å². The molecule has 0 aliphatic heterocycles. The fourth-order valence-corrected chi connectivity index (χ4v) is 3.10. The number of aromatic nitrogens is 1. The maximum absolute atomic E-state index is 4.66. The molecule has 25 heavy (non-hydrogen) atoms. The molecule has 1 N–H and O–H groups in total. The Balaban J connectivity index is 0.00000225. The van der Waals surface area contributed by atoms with Crippen LogP contribution in [0, 0.1) is 20.8 Å². The van der Waals surface area contributed by atoms with Crippen LogP contribution in [0.5, 0.6) is 0 Å². The van der Waals surface area contributed by atoms with Crippen molar-refractivity contribution in [1.82, 2.24) is 4.98 Å². The van der Waals surface area contributed by atoms with E-state index in [2.05, 4.69) is 84.1 Å². The first-order valence-electron chi connectivity index (χ1n) is 7.93. The monoisotopic (exact) mass is 415 g/mol. The summed E-state index contributed by atoms with van der Waals surface area (Å²) in [6, 6.07) is 14.8. The van der Waals surface area contributed by atoms with Crippen molar-refractivity contribution in [2.45, 2.75) is 27.7 Å². The normalized spacial score (nSPS) is 11.1. The molecule has 1 aromatic heterocycles. The molecule has 0 bridgehead atoms. The Bertz CT molecular complexity index is 882. The van der Waals surface area contributed by atoms with Gasteiger partial charge in [-0.05, 0) is 44.9 Å². The molecule has 3 aromatic rings. The summed E-state index contributed by atoms with van der Waals surface area (Å²) in [7, 11) is 0. The van der Waals surface area contributed by atoms with E-state index in [1.165, 1.54) is 22.3 Å². The van der Waals surface area contributed by atoms with Crippen LogP contribution in [0.2, 0.25) is 0 Å². The number of anilines is 1. The van der Waals surface area contributed by atoms with Gasteiger partial charge in [0, 0.05) is 10.9 Å². The van der Waals surface area contributed by atoms with E-state index in [9.17, 15) is 0 Å². The summed E-state index contributed by atoms with van der Waals surface area (Å²) in [5.41, 5.74) is 11.0. The number of halogens is 1. The number of aryl methyl sites for hydroxylation is 3. The Morgan fingerprint density at radius 1 is 1.00 bits per heavy atom. The van der Waals surface area contributed by atoms with Crippen LogP contribution in [0.25, 0.3) is 11.3 Å². The lowest BCUT2D eigenvalue weighted by molar-refractivity contribution is 1.26. The largest absolute Gasteiger partial charge is 0.252 e. The predicted molar refractivity (Wildman–Crippen MR) is 114 cm³/mol. The summed E-state index contributed by atoms with van der Waals surface area (Å²) < 4.78 is 0. The van der Waals surface area contributed by atoms with Gasteiger partial charge in [-0.1, -0.05) is 47.5 Å². The molecule has 3 rings (SSSR count). The number of rotatable bonds is 4. The van der Waals surface area contributed by atoms with Gasteiger partial charge in [0.05, 0.1) is 11.4 Å². The molecule has 0 amide bonds. The second-order valence-corrected chi connectivity index (χ2v) is 6.89. The van der Waals surface area contributed by atoms with E-state index in [-0.39, 0.29) is 17.0 Å². The maximum Gasteiger partial charge on any atom is 0.203 e. The quantitative estimate of drug-likeness (QED) is 0.409. The van der Waals surface area contributed by atoms with E-state index in [0.29, 0.717) is 0 Å². The van der Waals surface area contributed by atoms with Crippen LogP contribution in [0.3, 0.4) is 0 Å². The molecule has 2 aromatic carbocycles. The second-order valence-electron chi connectivity index (χ2n) is 6.03. The number of thiazole rings is 1. The molecular formula is C20H22BrN3S. The van der Waals surface area contributed by atoms with E-state index in [0.717, 1.165) is 22.1 Å². The molecular weight excluding hydrogens is 394 g/mol. The summed E-state index contributed by atoms with van der Waals surface area (Å²) >= 11 is 1.57. The molecule has 0 unspecified atom stereocenters. The predicted octanol–water partition coefficient (Wildman–Crippen LogP) is 6.15. The fraction of sp³-hybridized carbons (Fsp3) is 0.200. The standard InChI is InChI=1S/C20H21N3S.BrH/c1-13-6-9-17(10-7-13)16(4)22-23-20-21-19(12-24-20)18-11-14(2)5-8-15(18)3;/h5-12H,1-4H3,(H,21,23);1H/b22-16+;. The van der Waals surface area contributed by atoms with Crippen molar-refractivity contribution >= 4 is 39.2 Å². The fourth-order valence-electron chi connectivity index (χ4n) is 2.45. The van der Waals surface area contributed by atoms with Crippen molar-refractivity contribution in [3.05, 3.63) is 70.1 Å². The van der Waals surface area contributed by atoms with Crippen molar-refractivity contribution in [3.63, 3.8) is 0 Å². The minimum atomic E-state index is 0. The number of nitrogens with one attached hydrogen (secondary N) is 1. The SMILES string of the molecule is Br.C/C(=N\Nc1nc(-c2cc(C)ccc2C)cs1)c1ccc(C)cc1. The molecule has 0 atom stereocenters. The van der Waals surface area contributed by atoms with Crippen LogP contribution in [0.15, 0.2) is 52.9 Å². The molecule has 0 aliphatic carbocycles. The molecule has 1 heterocycles. The summed E-state index contributed by atoms with van der Waals surface area (Å²) in [5, 5.41) is 7.33. The van der Waals surface area contributed by atoms with E-state index >= 15 is 0 Å². The van der Waals surface area contributed by atoms with Gasteiger partial charge in [0.1, 0.15) is 0 Å². The van der Waals surface area contributed by atoms with Gasteiger partial charge < -0.3 is 0 Å². The molecule has 3 nitrogen and oxygen atoms in total. The third-order valence-electron chi connectivity index (χ3n) is 3.96. The van der Waals surface area contributed by atoms with Gasteiger partial charge in [-0.3, -0.25) is 5.43 Å². The van der Waals surface area contributed by atoms with Crippen LogP contribution >= 0.6 is 28.3 Å². The van der Waals surface area contributed by atoms with Gasteiger partial charge in [0.2, 0.25) is 5.13 Å². The Morgan fingerprint density at radius 2 is 1.68 bits per heavy atom. The van der Waals surface area contributed by atoms with Crippen molar-refractivity contribution < 1.29 is 0 Å². The van der Waals surface area contributed by atoms with E-state index in [1.54, 1.807) is 11.3 Å². The summed E-state index contributed by atoms with van der Waals surface area (Å²) in [5.74, 6) is 0. The first-order chi connectivity index (χ1) is 11.5. The molecule has 0 saturated heterocycles. The molecule has 0 spiro atoms. The average molecular weight is 416 g/mol. The van der Waals surface area contributed by atoms with Gasteiger partial charge in [0.15, 0.2) is 0 Å². The Hall–Kier alpha value is -1.98.